The lowest BCUT2D eigenvalue weighted by atomic mass is 10.2. The van der Waals surface area contributed by atoms with Crippen LogP contribution in [-0.2, 0) is 10.0 Å². The van der Waals surface area contributed by atoms with Crippen LogP contribution >= 0.6 is 11.3 Å². The number of rotatable bonds is 4. The van der Waals surface area contributed by atoms with Gasteiger partial charge in [0.2, 0.25) is 10.0 Å². The number of sulfonamides is 1. The van der Waals surface area contributed by atoms with Crippen LogP contribution in [0.3, 0.4) is 0 Å². The monoisotopic (exact) mass is 360 g/mol. The van der Waals surface area contributed by atoms with E-state index in [1.54, 1.807) is 12.1 Å². The van der Waals surface area contributed by atoms with Gasteiger partial charge in [-0.25, -0.2) is 12.7 Å². The highest BCUT2D eigenvalue weighted by molar-refractivity contribution is 7.89. The highest BCUT2D eigenvalue weighted by Crippen LogP contribution is 2.26. The van der Waals surface area contributed by atoms with Gasteiger partial charge in [-0.1, -0.05) is 24.3 Å². The van der Waals surface area contributed by atoms with Crippen molar-refractivity contribution >= 4 is 43.0 Å². The van der Waals surface area contributed by atoms with Crippen molar-refractivity contribution in [1.29, 1.82) is 0 Å². The summed E-state index contributed by atoms with van der Waals surface area (Å²) in [7, 11) is -0.596. The number of anilines is 1. The molecule has 1 aromatic heterocycles. The second-order valence-electron chi connectivity index (χ2n) is 5.42. The molecular weight excluding hydrogens is 344 g/mol. The molecule has 1 amide bonds. The van der Waals surface area contributed by atoms with Crippen molar-refractivity contribution in [3.05, 3.63) is 59.5 Å². The van der Waals surface area contributed by atoms with Gasteiger partial charge >= 0.3 is 0 Å². The highest BCUT2D eigenvalue weighted by atomic mass is 32.2. The minimum atomic E-state index is -3.54. The van der Waals surface area contributed by atoms with Crippen molar-refractivity contribution in [3.8, 4) is 0 Å². The van der Waals surface area contributed by atoms with Crippen molar-refractivity contribution in [3.63, 3.8) is 0 Å². The minimum absolute atomic E-state index is 0.140. The molecule has 3 aromatic rings. The number of hydrogen-bond donors (Lipinski definition) is 1. The van der Waals surface area contributed by atoms with Crippen LogP contribution in [0.2, 0.25) is 0 Å². The first-order valence-electron chi connectivity index (χ1n) is 7.20. The largest absolute Gasteiger partial charge is 0.321 e. The Kier molecular flexibility index (Phi) is 4.40. The standard InChI is InChI=1S/C17H16N2O3S2/c1-19(2)24(21,22)14-8-5-7-13(11-14)18-17(20)16-10-12-6-3-4-9-15(12)23-16/h3-11H,1-2H3,(H,18,20). The van der Waals surface area contributed by atoms with Crippen molar-refractivity contribution in [2.75, 3.05) is 19.4 Å². The fourth-order valence-corrected chi connectivity index (χ4v) is 4.14. The Morgan fingerprint density at radius 2 is 1.79 bits per heavy atom. The number of carbonyl (C=O) groups is 1. The molecule has 3 rings (SSSR count). The van der Waals surface area contributed by atoms with Gasteiger partial charge in [0, 0.05) is 24.5 Å². The summed E-state index contributed by atoms with van der Waals surface area (Å²) in [5, 5.41) is 3.77. The van der Waals surface area contributed by atoms with E-state index in [0.29, 0.717) is 10.6 Å². The first-order valence-corrected chi connectivity index (χ1v) is 9.46. The maximum Gasteiger partial charge on any atom is 0.265 e. The van der Waals surface area contributed by atoms with Gasteiger partial charge in [-0.3, -0.25) is 4.79 Å². The van der Waals surface area contributed by atoms with Crippen LogP contribution < -0.4 is 5.32 Å². The molecule has 124 valence electrons. The quantitative estimate of drug-likeness (QED) is 0.775. The number of benzene rings is 2. The Morgan fingerprint density at radius 3 is 2.50 bits per heavy atom. The van der Waals surface area contributed by atoms with Crippen LogP contribution in [0.4, 0.5) is 5.69 Å². The molecule has 7 heteroatoms. The first-order chi connectivity index (χ1) is 11.4. The molecule has 0 radical (unpaired) electrons. The second-order valence-corrected chi connectivity index (χ2v) is 8.65. The van der Waals surface area contributed by atoms with Gasteiger partial charge < -0.3 is 5.32 Å². The van der Waals surface area contributed by atoms with Crippen LogP contribution in [0.1, 0.15) is 9.67 Å². The number of thiophene rings is 1. The number of fused-ring (bicyclic) bond motifs is 1. The van der Waals surface area contributed by atoms with Crippen molar-refractivity contribution < 1.29 is 13.2 Å². The zero-order valence-electron chi connectivity index (χ0n) is 13.2. The van der Waals surface area contributed by atoms with Crippen molar-refractivity contribution in [1.82, 2.24) is 4.31 Å². The summed E-state index contributed by atoms with van der Waals surface area (Å²) in [6.07, 6.45) is 0. The van der Waals surface area contributed by atoms with E-state index in [2.05, 4.69) is 5.32 Å². The molecule has 0 atom stereocenters. The van der Waals surface area contributed by atoms with Crippen LogP contribution in [0, 0.1) is 0 Å². The van der Waals surface area contributed by atoms with Gasteiger partial charge in [0.15, 0.2) is 0 Å². The predicted octanol–water partition coefficient (Wildman–Crippen LogP) is 3.40. The van der Waals surface area contributed by atoms with Gasteiger partial charge in [-0.05, 0) is 35.7 Å². The molecule has 0 aliphatic carbocycles. The molecule has 1 heterocycles. The number of carbonyl (C=O) groups excluding carboxylic acids is 1. The Balaban J connectivity index is 1.87. The number of amides is 1. The zero-order chi connectivity index (χ0) is 17.3. The third kappa shape index (κ3) is 3.19. The summed E-state index contributed by atoms with van der Waals surface area (Å²) in [6, 6.07) is 15.8. The molecular formula is C17H16N2O3S2. The average Bonchev–Trinajstić information content (AvgIpc) is 2.99. The maximum atomic E-state index is 12.4. The topological polar surface area (TPSA) is 66.5 Å². The van der Waals surface area contributed by atoms with E-state index >= 15 is 0 Å². The Bertz CT molecular complexity index is 974. The lowest BCUT2D eigenvalue weighted by molar-refractivity contribution is 0.103. The van der Waals surface area contributed by atoms with E-state index in [-0.39, 0.29) is 10.8 Å². The Labute approximate surface area is 144 Å². The molecule has 24 heavy (non-hydrogen) atoms. The smallest absolute Gasteiger partial charge is 0.265 e. The van der Waals surface area contributed by atoms with Gasteiger partial charge in [0.1, 0.15) is 0 Å². The molecule has 0 aliphatic heterocycles. The molecule has 5 nitrogen and oxygen atoms in total. The van der Waals surface area contributed by atoms with Gasteiger partial charge in [0.25, 0.3) is 5.91 Å². The molecule has 0 saturated carbocycles. The van der Waals surface area contributed by atoms with E-state index in [1.165, 1.54) is 37.6 Å². The SMILES string of the molecule is CN(C)S(=O)(=O)c1cccc(NC(=O)c2cc3ccccc3s2)c1. The third-order valence-corrected chi connectivity index (χ3v) is 6.45. The van der Waals surface area contributed by atoms with E-state index in [0.717, 1.165) is 14.4 Å². The number of hydrogen-bond acceptors (Lipinski definition) is 4. The summed E-state index contributed by atoms with van der Waals surface area (Å²) >= 11 is 1.40. The normalized spacial score (nSPS) is 11.8. The summed E-state index contributed by atoms with van der Waals surface area (Å²) in [5.41, 5.74) is 0.445. The molecule has 0 spiro atoms. The summed E-state index contributed by atoms with van der Waals surface area (Å²) < 4.78 is 26.5. The first kappa shape index (κ1) is 16.6. The van der Waals surface area contributed by atoms with Gasteiger partial charge in [0.05, 0.1) is 9.77 Å². The lowest BCUT2D eigenvalue weighted by Gasteiger charge is -2.12. The lowest BCUT2D eigenvalue weighted by Crippen LogP contribution is -2.22. The predicted molar refractivity (Wildman–Crippen MR) is 97.1 cm³/mol. The molecule has 1 N–H and O–H groups in total. The summed E-state index contributed by atoms with van der Waals surface area (Å²) in [6.45, 7) is 0. The fraction of sp³-hybridized carbons (Fsp3) is 0.118. The van der Waals surface area contributed by atoms with Gasteiger partial charge in [-0.15, -0.1) is 11.3 Å². The molecule has 2 aromatic carbocycles. The molecule has 0 saturated heterocycles. The van der Waals surface area contributed by atoms with Crippen molar-refractivity contribution in [2.45, 2.75) is 4.90 Å². The van der Waals surface area contributed by atoms with Crippen LogP contribution in [-0.4, -0.2) is 32.7 Å². The van der Waals surface area contributed by atoms with E-state index in [9.17, 15) is 13.2 Å². The minimum Gasteiger partial charge on any atom is -0.321 e. The van der Waals surface area contributed by atoms with Crippen LogP contribution in [0.15, 0.2) is 59.5 Å². The highest BCUT2D eigenvalue weighted by Gasteiger charge is 2.18. The van der Waals surface area contributed by atoms with Gasteiger partial charge in [-0.2, -0.15) is 0 Å². The molecule has 0 unspecified atom stereocenters. The maximum absolute atomic E-state index is 12.4. The fourth-order valence-electron chi connectivity index (χ4n) is 2.23. The molecule has 0 fully saturated rings. The van der Waals surface area contributed by atoms with Crippen LogP contribution in [0.25, 0.3) is 10.1 Å². The Hall–Kier alpha value is -2.22. The average molecular weight is 360 g/mol. The van der Waals surface area contributed by atoms with E-state index in [1.807, 2.05) is 30.3 Å². The van der Waals surface area contributed by atoms with E-state index < -0.39 is 10.0 Å². The third-order valence-electron chi connectivity index (χ3n) is 3.52. The number of nitrogens with one attached hydrogen (secondary N) is 1. The summed E-state index contributed by atoms with van der Waals surface area (Å²) in [5.74, 6) is -0.254. The molecule has 0 aliphatic rings. The number of nitrogens with zero attached hydrogens (tertiary/aromatic N) is 1. The van der Waals surface area contributed by atoms with Crippen molar-refractivity contribution in [2.24, 2.45) is 0 Å². The zero-order valence-corrected chi connectivity index (χ0v) is 14.8. The molecule has 0 bridgehead atoms. The summed E-state index contributed by atoms with van der Waals surface area (Å²) in [4.78, 5) is 13.1. The van der Waals surface area contributed by atoms with E-state index in [4.69, 9.17) is 0 Å². The Morgan fingerprint density at radius 1 is 1.04 bits per heavy atom. The van der Waals surface area contributed by atoms with Crippen LogP contribution in [0.5, 0.6) is 0 Å². The second kappa shape index (κ2) is 6.35.